The number of hydrogen-bond acceptors (Lipinski definition) is 2. The second kappa shape index (κ2) is 5.68. The maximum Gasteiger partial charge on any atom is 0.417 e. The van der Waals surface area contributed by atoms with Crippen molar-refractivity contribution in [3.8, 4) is 11.6 Å². The van der Waals surface area contributed by atoms with Gasteiger partial charge in [0.05, 0.1) is 10.6 Å². The summed E-state index contributed by atoms with van der Waals surface area (Å²) in [6, 6.07) is 5.15. The van der Waals surface area contributed by atoms with Crippen LogP contribution in [0.25, 0.3) is 0 Å². The van der Waals surface area contributed by atoms with Crippen LogP contribution in [0.1, 0.15) is 5.56 Å². The summed E-state index contributed by atoms with van der Waals surface area (Å²) >= 11 is 17.3. The normalized spacial score (nSPS) is 11.5. The van der Waals surface area contributed by atoms with Crippen molar-refractivity contribution in [2.75, 3.05) is 0 Å². The van der Waals surface area contributed by atoms with Crippen molar-refractivity contribution in [1.82, 2.24) is 4.98 Å². The molecule has 0 N–H and O–H groups in total. The van der Waals surface area contributed by atoms with Crippen molar-refractivity contribution in [1.29, 1.82) is 0 Å². The Labute approximate surface area is 127 Å². The Balaban J connectivity index is 2.33. The van der Waals surface area contributed by atoms with Crippen molar-refractivity contribution in [3.05, 3.63) is 51.1 Å². The molecule has 0 saturated carbocycles. The molecule has 106 valence electrons. The number of hydrogen-bond donors (Lipinski definition) is 0. The van der Waals surface area contributed by atoms with Crippen LogP contribution in [0.3, 0.4) is 0 Å². The van der Waals surface area contributed by atoms with E-state index in [1.54, 1.807) is 6.07 Å². The highest BCUT2D eigenvalue weighted by atomic mass is 35.5. The number of aromatic nitrogens is 1. The molecular formula is C12H5Cl3F3NO. The maximum absolute atomic E-state index is 12.5. The largest absolute Gasteiger partial charge is 0.436 e. The van der Waals surface area contributed by atoms with Crippen molar-refractivity contribution in [2.24, 2.45) is 0 Å². The van der Waals surface area contributed by atoms with E-state index >= 15 is 0 Å². The van der Waals surface area contributed by atoms with E-state index in [9.17, 15) is 13.2 Å². The van der Waals surface area contributed by atoms with Crippen LogP contribution in [0.2, 0.25) is 15.1 Å². The lowest BCUT2D eigenvalue weighted by Crippen LogP contribution is -2.05. The summed E-state index contributed by atoms with van der Waals surface area (Å²) in [5.74, 6) is -0.0443. The first-order chi connectivity index (χ1) is 9.27. The van der Waals surface area contributed by atoms with E-state index in [4.69, 9.17) is 39.5 Å². The number of pyridine rings is 1. The Morgan fingerprint density at radius 3 is 2.30 bits per heavy atom. The van der Waals surface area contributed by atoms with E-state index in [1.807, 2.05) is 0 Å². The number of benzene rings is 1. The highest BCUT2D eigenvalue weighted by molar-refractivity contribution is 6.34. The second-order valence-electron chi connectivity index (χ2n) is 3.69. The summed E-state index contributed by atoms with van der Waals surface area (Å²) in [5, 5.41) is 0.301. The minimum Gasteiger partial charge on any atom is -0.436 e. The van der Waals surface area contributed by atoms with Crippen LogP contribution >= 0.6 is 34.8 Å². The van der Waals surface area contributed by atoms with E-state index < -0.39 is 11.7 Å². The van der Waals surface area contributed by atoms with Gasteiger partial charge in [-0.25, -0.2) is 4.98 Å². The molecule has 1 heterocycles. The lowest BCUT2D eigenvalue weighted by atomic mass is 10.3. The highest BCUT2D eigenvalue weighted by Crippen LogP contribution is 2.37. The third-order valence-electron chi connectivity index (χ3n) is 2.23. The quantitative estimate of drug-likeness (QED) is 0.682. The Hall–Kier alpha value is -1.17. The second-order valence-corrected chi connectivity index (χ2v) is 4.94. The van der Waals surface area contributed by atoms with Crippen molar-refractivity contribution < 1.29 is 17.9 Å². The first kappa shape index (κ1) is 15.2. The molecule has 0 saturated heterocycles. The van der Waals surface area contributed by atoms with E-state index in [0.29, 0.717) is 11.2 Å². The van der Waals surface area contributed by atoms with Crippen molar-refractivity contribution >= 4 is 34.8 Å². The molecule has 1 aromatic heterocycles. The summed E-state index contributed by atoms with van der Waals surface area (Å²) in [5.41, 5.74) is -0.966. The zero-order valence-electron chi connectivity index (χ0n) is 9.51. The molecule has 2 nitrogen and oxygen atoms in total. The minimum atomic E-state index is -4.52. The van der Waals surface area contributed by atoms with Crippen LogP contribution in [0, 0.1) is 0 Å². The zero-order valence-corrected chi connectivity index (χ0v) is 11.8. The average Bonchev–Trinajstić information content (AvgIpc) is 2.35. The van der Waals surface area contributed by atoms with Crippen LogP contribution < -0.4 is 4.74 Å². The van der Waals surface area contributed by atoms with E-state index in [2.05, 4.69) is 4.98 Å². The van der Waals surface area contributed by atoms with Crippen LogP contribution in [0.5, 0.6) is 11.6 Å². The highest BCUT2D eigenvalue weighted by Gasteiger charge is 2.31. The molecule has 8 heteroatoms. The first-order valence-corrected chi connectivity index (χ1v) is 6.26. The monoisotopic (exact) mass is 341 g/mol. The Morgan fingerprint density at radius 1 is 1.00 bits per heavy atom. The molecule has 2 aromatic rings. The number of ether oxygens (including phenoxy) is 1. The van der Waals surface area contributed by atoms with Gasteiger partial charge in [-0.1, -0.05) is 34.8 Å². The van der Waals surface area contributed by atoms with Gasteiger partial charge < -0.3 is 4.74 Å². The molecule has 0 radical (unpaired) electrons. The van der Waals surface area contributed by atoms with Crippen molar-refractivity contribution in [3.63, 3.8) is 0 Å². The van der Waals surface area contributed by atoms with Gasteiger partial charge in [0, 0.05) is 17.3 Å². The van der Waals surface area contributed by atoms with Gasteiger partial charge >= 0.3 is 6.18 Å². The summed E-state index contributed by atoms with van der Waals surface area (Å²) in [4.78, 5) is 3.53. The molecule has 20 heavy (non-hydrogen) atoms. The predicted molar refractivity (Wildman–Crippen MR) is 70.8 cm³/mol. The number of rotatable bonds is 2. The standard InChI is InChI=1S/C12H5Cl3F3NO/c13-7-1-2-8(14)10(4-7)20-11-9(15)3-6(5-19-11)12(16,17)18/h1-5H. The van der Waals surface area contributed by atoms with Crippen LogP contribution in [-0.4, -0.2) is 4.98 Å². The third kappa shape index (κ3) is 3.48. The average molecular weight is 343 g/mol. The fourth-order valence-corrected chi connectivity index (χ4v) is 1.84. The van der Waals surface area contributed by atoms with Gasteiger partial charge in [0.25, 0.3) is 0 Å². The topological polar surface area (TPSA) is 22.1 Å². The van der Waals surface area contributed by atoms with E-state index in [-0.39, 0.29) is 21.7 Å². The fraction of sp³-hybridized carbons (Fsp3) is 0.0833. The molecule has 0 aliphatic heterocycles. The molecule has 1 aromatic carbocycles. The predicted octanol–water partition coefficient (Wildman–Crippen LogP) is 5.85. The maximum atomic E-state index is 12.5. The van der Waals surface area contributed by atoms with Gasteiger partial charge in [0.2, 0.25) is 5.88 Å². The zero-order chi connectivity index (χ0) is 14.9. The van der Waals surface area contributed by atoms with E-state index in [0.717, 1.165) is 6.07 Å². The first-order valence-electron chi connectivity index (χ1n) is 5.13. The van der Waals surface area contributed by atoms with Crippen LogP contribution in [0.15, 0.2) is 30.5 Å². The molecule has 0 bridgehead atoms. The molecule has 0 spiro atoms. The van der Waals surface area contributed by atoms with Gasteiger partial charge in [-0.05, 0) is 18.2 Å². The molecular weight excluding hydrogens is 337 g/mol. The smallest absolute Gasteiger partial charge is 0.417 e. The number of halogens is 6. The molecule has 0 unspecified atom stereocenters. The summed E-state index contributed by atoms with van der Waals surface area (Å²) in [7, 11) is 0. The fourth-order valence-electron chi connectivity index (χ4n) is 1.32. The SMILES string of the molecule is FC(F)(F)c1cnc(Oc2cc(Cl)ccc2Cl)c(Cl)c1. The van der Waals surface area contributed by atoms with Crippen LogP contribution in [-0.2, 0) is 6.18 Å². The molecule has 0 aliphatic carbocycles. The van der Waals surface area contributed by atoms with Gasteiger partial charge in [-0.3, -0.25) is 0 Å². The molecule has 2 rings (SSSR count). The molecule has 0 fully saturated rings. The van der Waals surface area contributed by atoms with Gasteiger partial charge in [0.1, 0.15) is 10.8 Å². The van der Waals surface area contributed by atoms with Gasteiger partial charge in [-0.2, -0.15) is 13.2 Å². The number of nitrogens with zero attached hydrogens (tertiary/aromatic N) is 1. The number of alkyl halides is 3. The Kier molecular flexibility index (Phi) is 4.32. The summed E-state index contributed by atoms with van der Waals surface area (Å²) in [6.45, 7) is 0. The molecule has 0 amide bonds. The molecule has 0 atom stereocenters. The van der Waals surface area contributed by atoms with E-state index in [1.165, 1.54) is 12.1 Å². The summed E-state index contributed by atoms with van der Waals surface area (Å²) in [6.07, 6.45) is -3.90. The van der Waals surface area contributed by atoms with Crippen LogP contribution in [0.4, 0.5) is 13.2 Å². The van der Waals surface area contributed by atoms with Gasteiger partial charge in [0.15, 0.2) is 0 Å². The Morgan fingerprint density at radius 2 is 1.70 bits per heavy atom. The lowest BCUT2D eigenvalue weighted by Gasteiger charge is -2.11. The Bertz CT molecular complexity index is 646. The lowest BCUT2D eigenvalue weighted by molar-refractivity contribution is -0.137. The third-order valence-corrected chi connectivity index (χ3v) is 3.05. The minimum absolute atomic E-state index is 0.147. The van der Waals surface area contributed by atoms with Gasteiger partial charge in [-0.15, -0.1) is 0 Å². The molecule has 0 aliphatic rings. The van der Waals surface area contributed by atoms with Crippen molar-refractivity contribution in [2.45, 2.75) is 6.18 Å². The summed E-state index contributed by atoms with van der Waals surface area (Å²) < 4.78 is 42.7.